The SMILES string of the molecule is CC(=O)[C@@H]1CC[C@@H]2[C@H]3CC=C4C[C@@H](OS(=O)(=O)O)CC[C@]4(C)[C@@H]3CC[C@@]21C. The highest BCUT2D eigenvalue weighted by molar-refractivity contribution is 7.80. The van der Waals surface area contributed by atoms with Crippen molar-refractivity contribution >= 4 is 16.2 Å². The van der Waals surface area contributed by atoms with Gasteiger partial charge in [0.2, 0.25) is 0 Å². The number of ketones is 1. The van der Waals surface area contributed by atoms with Crippen LogP contribution in [0.3, 0.4) is 0 Å². The van der Waals surface area contributed by atoms with Crippen LogP contribution in [0, 0.1) is 34.5 Å². The summed E-state index contributed by atoms with van der Waals surface area (Å²) in [6.45, 7) is 6.46. The Bertz CT molecular complexity index is 771. The highest BCUT2D eigenvalue weighted by Gasteiger charge is 2.59. The van der Waals surface area contributed by atoms with E-state index in [0.29, 0.717) is 36.4 Å². The fraction of sp³-hybridized carbons (Fsp3) is 0.857. The minimum absolute atomic E-state index is 0.0949. The van der Waals surface area contributed by atoms with Gasteiger partial charge in [-0.15, -0.1) is 0 Å². The maximum absolute atomic E-state index is 12.2. The standard InChI is InChI=1S/C21H32O5S/c1-13(22)17-6-7-18-16-5-4-14-12-15(26-27(23,24)25)8-10-20(14,2)19(16)9-11-21(17,18)3/h4,15-19H,5-12H2,1-3H3,(H,23,24,25)/t15-,16+,17-,18+,19+,20-,21+/m0/s1. The first-order chi connectivity index (χ1) is 12.5. The van der Waals surface area contributed by atoms with Crippen LogP contribution in [0.15, 0.2) is 11.6 Å². The monoisotopic (exact) mass is 396 g/mol. The van der Waals surface area contributed by atoms with Gasteiger partial charge in [-0.05, 0) is 86.9 Å². The number of allylic oxidation sites excluding steroid dienone is 1. The molecule has 0 unspecified atom stereocenters. The van der Waals surface area contributed by atoms with E-state index < -0.39 is 16.5 Å². The fourth-order valence-electron chi connectivity index (χ4n) is 7.55. The summed E-state index contributed by atoms with van der Waals surface area (Å²) in [6, 6.07) is 0. The van der Waals surface area contributed by atoms with Crippen LogP contribution >= 0.6 is 0 Å². The molecule has 0 heterocycles. The van der Waals surface area contributed by atoms with Gasteiger partial charge in [-0.3, -0.25) is 9.35 Å². The Balaban J connectivity index is 1.58. The van der Waals surface area contributed by atoms with E-state index in [1.165, 1.54) is 5.57 Å². The number of Topliss-reactive ketones (excluding diaryl/α,β-unsaturated/α-hetero) is 1. The number of fused-ring (bicyclic) bond motifs is 5. The quantitative estimate of drug-likeness (QED) is 0.567. The van der Waals surface area contributed by atoms with Crippen molar-refractivity contribution in [1.82, 2.24) is 0 Å². The minimum atomic E-state index is -4.40. The predicted octanol–water partition coefficient (Wildman–Crippen LogP) is 4.34. The van der Waals surface area contributed by atoms with Crippen LogP contribution in [-0.2, 0) is 19.4 Å². The van der Waals surface area contributed by atoms with Crippen molar-refractivity contribution in [2.75, 3.05) is 0 Å². The highest BCUT2D eigenvalue weighted by Crippen LogP contribution is 2.66. The molecule has 0 amide bonds. The molecule has 0 aliphatic heterocycles. The number of carbonyl (C=O) groups is 1. The van der Waals surface area contributed by atoms with Crippen LogP contribution < -0.4 is 0 Å². The topological polar surface area (TPSA) is 80.7 Å². The van der Waals surface area contributed by atoms with Gasteiger partial charge in [-0.1, -0.05) is 25.5 Å². The third kappa shape index (κ3) is 3.12. The summed E-state index contributed by atoms with van der Waals surface area (Å²) in [4.78, 5) is 12.2. The summed E-state index contributed by atoms with van der Waals surface area (Å²) in [5, 5.41) is 0. The zero-order valence-electron chi connectivity index (χ0n) is 16.6. The molecule has 0 spiro atoms. The van der Waals surface area contributed by atoms with E-state index >= 15 is 0 Å². The van der Waals surface area contributed by atoms with Crippen molar-refractivity contribution in [3.05, 3.63) is 11.6 Å². The first-order valence-corrected chi connectivity index (χ1v) is 11.8. The largest absolute Gasteiger partial charge is 0.397 e. The molecule has 4 aliphatic carbocycles. The Kier molecular flexibility index (Phi) is 4.64. The van der Waals surface area contributed by atoms with Crippen LogP contribution in [0.2, 0.25) is 0 Å². The summed E-state index contributed by atoms with van der Waals surface area (Å²) >= 11 is 0. The zero-order valence-corrected chi connectivity index (χ0v) is 17.4. The van der Waals surface area contributed by atoms with E-state index in [4.69, 9.17) is 8.74 Å². The molecule has 7 atom stereocenters. The minimum Gasteiger partial charge on any atom is -0.300 e. The van der Waals surface area contributed by atoms with E-state index in [-0.39, 0.29) is 16.7 Å². The average molecular weight is 397 g/mol. The number of hydrogen-bond acceptors (Lipinski definition) is 4. The van der Waals surface area contributed by atoms with E-state index in [1.807, 2.05) is 0 Å². The Labute approximate surface area is 162 Å². The lowest BCUT2D eigenvalue weighted by molar-refractivity contribution is -0.127. The Hall–Kier alpha value is -0.720. The highest BCUT2D eigenvalue weighted by atomic mass is 32.3. The smallest absolute Gasteiger partial charge is 0.300 e. The van der Waals surface area contributed by atoms with Gasteiger partial charge in [-0.25, -0.2) is 4.18 Å². The third-order valence-corrected chi connectivity index (χ3v) is 9.32. The van der Waals surface area contributed by atoms with Crippen LogP contribution in [0.5, 0.6) is 0 Å². The molecule has 152 valence electrons. The van der Waals surface area contributed by atoms with Gasteiger partial charge in [0.05, 0.1) is 6.10 Å². The maximum atomic E-state index is 12.2. The van der Waals surface area contributed by atoms with Gasteiger partial charge in [0, 0.05) is 5.92 Å². The molecular formula is C21H32O5S. The summed E-state index contributed by atoms with van der Waals surface area (Å²) in [5.41, 5.74) is 1.56. The number of hydrogen-bond donors (Lipinski definition) is 1. The molecule has 3 fully saturated rings. The number of carbonyl (C=O) groups excluding carboxylic acids is 1. The van der Waals surface area contributed by atoms with Crippen molar-refractivity contribution in [1.29, 1.82) is 0 Å². The molecule has 4 rings (SSSR count). The van der Waals surface area contributed by atoms with Crippen LogP contribution in [-0.4, -0.2) is 24.9 Å². The summed E-state index contributed by atoms with van der Waals surface area (Å²) in [6.07, 6.45) is 9.54. The third-order valence-electron chi connectivity index (χ3n) is 8.81. The molecule has 0 radical (unpaired) electrons. The molecule has 5 nitrogen and oxygen atoms in total. The van der Waals surface area contributed by atoms with Gasteiger partial charge < -0.3 is 0 Å². The molecule has 0 aromatic rings. The first kappa shape index (κ1) is 19.6. The van der Waals surface area contributed by atoms with E-state index in [0.717, 1.165) is 38.5 Å². The second-order valence-corrected chi connectivity index (χ2v) is 11.0. The predicted molar refractivity (Wildman–Crippen MR) is 102 cm³/mol. The molecule has 27 heavy (non-hydrogen) atoms. The molecule has 6 heteroatoms. The molecule has 0 aromatic carbocycles. The van der Waals surface area contributed by atoms with Gasteiger partial charge >= 0.3 is 10.4 Å². The molecule has 0 aromatic heterocycles. The summed E-state index contributed by atoms with van der Waals surface area (Å²) in [7, 11) is -4.40. The number of rotatable bonds is 3. The Morgan fingerprint density at radius 3 is 2.56 bits per heavy atom. The van der Waals surface area contributed by atoms with Crippen molar-refractivity contribution in [3.63, 3.8) is 0 Å². The summed E-state index contributed by atoms with van der Waals surface area (Å²) in [5.74, 6) is 2.43. The molecule has 0 bridgehead atoms. The van der Waals surface area contributed by atoms with Gasteiger partial charge in [0.15, 0.2) is 0 Å². The first-order valence-electron chi connectivity index (χ1n) is 10.4. The van der Waals surface area contributed by atoms with Crippen LogP contribution in [0.4, 0.5) is 0 Å². The van der Waals surface area contributed by atoms with E-state index in [9.17, 15) is 13.2 Å². The zero-order chi connectivity index (χ0) is 19.6. The lowest BCUT2D eigenvalue weighted by Crippen LogP contribution is -2.51. The molecule has 0 saturated heterocycles. The van der Waals surface area contributed by atoms with Gasteiger partial charge in [0.25, 0.3) is 0 Å². The fourth-order valence-corrected chi connectivity index (χ4v) is 8.06. The Morgan fingerprint density at radius 1 is 1.15 bits per heavy atom. The van der Waals surface area contributed by atoms with Crippen molar-refractivity contribution in [3.8, 4) is 0 Å². The molecule has 4 aliphatic rings. The van der Waals surface area contributed by atoms with Crippen molar-refractivity contribution in [2.24, 2.45) is 34.5 Å². The van der Waals surface area contributed by atoms with E-state index in [1.54, 1.807) is 6.92 Å². The lowest BCUT2D eigenvalue weighted by atomic mass is 9.47. The maximum Gasteiger partial charge on any atom is 0.397 e. The molecule has 3 saturated carbocycles. The summed E-state index contributed by atoms with van der Waals surface area (Å²) < 4.78 is 36.1. The lowest BCUT2D eigenvalue weighted by Gasteiger charge is -2.58. The van der Waals surface area contributed by atoms with Crippen LogP contribution in [0.25, 0.3) is 0 Å². The van der Waals surface area contributed by atoms with Crippen molar-refractivity contribution < 1.29 is 21.9 Å². The average Bonchev–Trinajstić information content (AvgIpc) is 2.91. The van der Waals surface area contributed by atoms with Gasteiger partial charge in [-0.2, -0.15) is 8.42 Å². The molecule has 1 N–H and O–H groups in total. The van der Waals surface area contributed by atoms with Crippen LogP contribution in [0.1, 0.15) is 72.1 Å². The van der Waals surface area contributed by atoms with Crippen molar-refractivity contribution in [2.45, 2.75) is 78.2 Å². The molecular weight excluding hydrogens is 364 g/mol. The normalized spacial score (nSPS) is 46.8. The second kappa shape index (κ2) is 6.39. The Morgan fingerprint density at radius 2 is 1.89 bits per heavy atom. The van der Waals surface area contributed by atoms with E-state index in [2.05, 4.69) is 19.9 Å². The van der Waals surface area contributed by atoms with Gasteiger partial charge in [0.1, 0.15) is 5.78 Å². The second-order valence-electron chi connectivity index (χ2n) is 9.93.